The SMILES string of the molecule is CCOC(=O)Nc1nc2c(-c3cc(N4CCN(C)CC4)ccn3)cc(-c3cnc(C(=O)N[C@@H](C)c4ccccc4)[nH]3)cc2[nH]1. The molecule has 44 heavy (non-hydrogen) atoms. The molecule has 0 spiro atoms. The fourth-order valence-electron chi connectivity index (χ4n) is 5.29. The molecule has 5 aromatic rings. The van der Waals surface area contributed by atoms with Crippen LogP contribution in [-0.4, -0.2) is 81.7 Å². The second-order valence-corrected chi connectivity index (χ2v) is 10.8. The first kappa shape index (κ1) is 28.9. The number of amides is 2. The highest BCUT2D eigenvalue weighted by molar-refractivity contribution is 5.98. The number of anilines is 2. The van der Waals surface area contributed by atoms with Gasteiger partial charge in [0.1, 0.15) is 0 Å². The first-order valence-electron chi connectivity index (χ1n) is 14.7. The number of hydrogen-bond acceptors (Lipinski definition) is 8. The Morgan fingerprint density at radius 1 is 1.02 bits per heavy atom. The number of hydrogen-bond donors (Lipinski definition) is 4. The van der Waals surface area contributed by atoms with E-state index in [9.17, 15) is 9.59 Å². The Kier molecular flexibility index (Phi) is 8.24. The summed E-state index contributed by atoms with van der Waals surface area (Å²) in [5, 5.41) is 5.65. The van der Waals surface area contributed by atoms with Crippen LogP contribution in [-0.2, 0) is 4.74 Å². The molecule has 1 aliphatic rings. The van der Waals surface area contributed by atoms with E-state index in [0.717, 1.165) is 54.3 Å². The molecule has 6 rings (SSSR count). The monoisotopic (exact) mass is 593 g/mol. The quantitative estimate of drug-likeness (QED) is 0.200. The zero-order valence-corrected chi connectivity index (χ0v) is 24.9. The number of pyridine rings is 1. The molecule has 12 heteroatoms. The Morgan fingerprint density at radius 3 is 2.59 bits per heavy atom. The van der Waals surface area contributed by atoms with Crippen LogP contribution in [0.3, 0.4) is 0 Å². The van der Waals surface area contributed by atoms with Crippen LogP contribution in [0.2, 0.25) is 0 Å². The fourth-order valence-corrected chi connectivity index (χ4v) is 5.29. The number of piperazine rings is 1. The molecule has 0 aliphatic carbocycles. The summed E-state index contributed by atoms with van der Waals surface area (Å²) in [6.45, 7) is 7.73. The second kappa shape index (κ2) is 12.6. The van der Waals surface area contributed by atoms with Crippen LogP contribution in [0, 0.1) is 0 Å². The third kappa shape index (κ3) is 6.25. The Morgan fingerprint density at radius 2 is 1.82 bits per heavy atom. The third-order valence-electron chi connectivity index (χ3n) is 7.72. The van der Waals surface area contributed by atoms with Gasteiger partial charge in [0.05, 0.1) is 41.3 Å². The Labute approximate surface area is 254 Å². The number of ether oxygens (including phenoxy) is 1. The first-order valence-corrected chi connectivity index (χ1v) is 14.7. The molecule has 226 valence electrons. The molecule has 1 atom stereocenters. The lowest BCUT2D eigenvalue weighted by atomic mass is 10.0. The normalized spacial score (nSPS) is 14.4. The van der Waals surface area contributed by atoms with Crippen molar-refractivity contribution in [3.05, 3.63) is 78.4 Å². The lowest BCUT2D eigenvalue weighted by Gasteiger charge is -2.34. The number of nitrogens with zero attached hydrogens (tertiary/aromatic N) is 5. The van der Waals surface area contributed by atoms with E-state index in [1.807, 2.05) is 55.5 Å². The standard InChI is InChI=1S/C32H35N9O3/c1-4-44-32(43)39-31-37-26-17-22(27-19-34-29(36-27)30(42)35-20(2)21-8-6-5-7-9-21)16-24(28(26)38-31)25-18-23(10-11-33-25)41-14-12-40(3)13-15-41/h5-11,16-20H,4,12-15H2,1-3H3,(H,34,36)(H,35,42)(H2,37,38,39,43)/t20-/m0/s1. The van der Waals surface area contributed by atoms with Gasteiger partial charge in [0.25, 0.3) is 5.91 Å². The first-order chi connectivity index (χ1) is 21.4. The van der Waals surface area contributed by atoms with Crippen molar-refractivity contribution in [2.75, 3.05) is 50.1 Å². The number of nitrogens with one attached hydrogen (secondary N) is 4. The van der Waals surface area contributed by atoms with E-state index in [4.69, 9.17) is 9.72 Å². The van der Waals surface area contributed by atoms with Gasteiger partial charge >= 0.3 is 6.09 Å². The van der Waals surface area contributed by atoms with Crippen LogP contribution in [0.5, 0.6) is 0 Å². The predicted octanol–water partition coefficient (Wildman–Crippen LogP) is 4.83. The molecule has 0 radical (unpaired) electrons. The number of carbonyl (C=O) groups is 2. The van der Waals surface area contributed by atoms with Crippen LogP contribution in [0.15, 0.2) is 67.0 Å². The van der Waals surface area contributed by atoms with Gasteiger partial charge in [0.2, 0.25) is 5.95 Å². The summed E-state index contributed by atoms with van der Waals surface area (Å²) in [6.07, 6.45) is 2.84. The lowest BCUT2D eigenvalue weighted by Crippen LogP contribution is -2.44. The Balaban J connectivity index is 1.35. The summed E-state index contributed by atoms with van der Waals surface area (Å²) in [5.41, 5.74) is 6.31. The highest BCUT2D eigenvalue weighted by atomic mass is 16.5. The zero-order valence-electron chi connectivity index (χ0n) is 24.9. The molecular weight excluding hydrogens is 558 g/mol. The molecule has 2 aromatic carbocycles. The van der Waals surface area contributed by atoms with Gasteiger partial charge in [-0.2, -0.15) is 0 Å². The topological polar surface area (TPSA) is 144 Å². The van der Waals surface area contributed by atoms with Gasteiger partial charge in [-0.25, -0.2) is 14.8 Å². The van der Waals surface area contributed by atoms with Gasteiger partial charge in [-0.15, -0.1) is 0 Å². The fraction of sp³-hybridized carbons (Fsp3) is 0.281. The predicted molar refractivity (Wildman–Crippen MR) is 170 cm³/mol. The number of likely N-dealkylation sites (N-methyl/N-ethyl adjacent to an activating group) is 1. The van der Waals surface area contributed by atoms with Crippen LogP contribution in [0.4, 0.5) is 16.4 Å². The van der Waals surface area contributed by atoms with Crippen molar-refractivity contribution >= 4 is 34.7 Å². The van der Waals surface area contributed by atoms with E-state index >= 15 is 0 Å². The number of H-pyrrole nitrogens is 2. The van der Waals surface area contributed by atoms with Crippen LogP contribution >= 0.6 is 0 Å². The molecule has 12 nitrogen and oxygen atoms in total. The van der Waals surface area contributed by atoms with Gasteiger partial charge in [0.15, 0.2) is 5.82 Å². The highest BCUT2D eigenvalue weighted by Gasteiger charge is 2.20. The van der Waals surface area contributed by atoms with Gasteiger partial charge in [-0.1, -0.05) is 30.3 Å². The van der Waals surface area contributed by atoms with E-state index in [0.29, 0.717) is 16.7 Å². The molecule has 4 heterocycles. The summed E-state index contributed by atoms with van der Waals surface area (Å²) in [5.74, 6) is 0.151. The molecule has 3 aromatic heterocycles. The van der Waals surface area contributed by atoms with Gasteiger partial charge in [-0.05, 0) is 50.7 Å². The minimum Gasteiger partial charge on any atom is -0.450 e. The second-order valence-electron chi connectivity index (χ2n) is 10.8. The minimum atomic E-state index is -0.600. The van der Waals surface area contributed by atoms with Crippen molar-refractivity contribution < 1.29 is 14.3 Å². The number of aromatic amines is 2. The van der Waals surface area contributed by atoms with Crippen molar-refractivity contribution in [3.63, 3.8) is 0 Å². The Hall–Kier alpha value is -5.23. The van der Waals surface area contributed by atoms with Crippen molar-refractivity contribution in [3.8, 4) is 22.5 Å². The van der Waals surface area contributed by atoms with E-state index in [2.05, 4.69) is 53.5 Å². The average molecular weight is 594 g/mol. The minimum absolute atomic E-state index is 0.186. The molecule has 0 unspecified atom stereocenters. The van der Waals surface area contributed by atoms with E-state index in [1.54, 1.807) is 19.3 Å². The molecular formula is C32H35N9O3. The summed E-state index contributed by atoms with van der Waals surface area (Å²) in [7, 11) is 2.13. The summed E-state index contributed by atoms with van der Waals surface area (Å²) in [4.78, 5) is 50.0. The summed E-state index contributed by atoms with van der Waals surface area (Å²) >= 11 is 0. The van der Waals surface area contributed by atoms with Crippen molar-refractivity contribution in [1.82, 2.24) is 35.1 Å². The van der Waals surface area contributed by atoms with Crippen LogP contribution < -0.4 is 15.5 Å². The number of carbonyl (C=O) groups excluding carboxylic acids is 2. The smallest absolute Gasteiger partial charge is 0.413 e. The molecule has 4 N–H and O–H groups in total. The average Bonchev–Trinajstić information content (AvgIpc) is 3.69. The molecule has 0 saturated carbocycles. The van der Waals surface area contributed by atoms with Crippen molar-refractivity contribution in [2.45, 2.75) is 19.9 Å². The Bertz CT molecular complexity index is 1770. The number of rotatable bonds is 8. The largest absolute Gasteiger partial charge is 0.450 e. The van der Waals surface area contributed by atoms with Gasteiger partial charge in [0, 0.05) is 49.2 Å². The molecule has 1 aliphatic heterocycles. The van der Waals surface area contributed by atoms with Crippen molar-refractivity contribution in [2.24, 2.45) is 0 Å². The summed E-state index contributed by atoms with van der Waals surface area (Å²) < 4.78 is 5.04. The number of aromatic nitrogens is 5. The number of imidazole rings is 2. The van der Waals surface area contributed by atoms with Gasteiger partial charge in [-0.3, -0.25) is 15.1 Å². The van der Waals surface area contributed by atoms with Gasteiger partial charge < -0.3 is 29.8 Å². The zero-order chi connectivity index (χ0) is 30.6. The molecule has 0 bridgehead atoms. The van der Waals surface area contributed by atoms with Crippen LogP contribution in [0.25, 0.3) is 33.5 Å². The number of benzene rings is 2. The number of fused-ring (bicyclic) bond motifs is 1. The molecule has 1 fully saturated rings. The summed E-state index contributed by atoms with van der Waals surface area (Å²) in [6, 6.07) is 17.5. The van der Waals surface area contributed by atoms with E-state index in [-0.39, 0.29) is 30.3 Å². The lowest BCUT2D eigenvalue weighted by molar-refractivity contribution is 0.0930. The van der Waals surface area contributed by atoms with Crippen molar-refractivity contribution in [1.29, 1.82) is 0 Å². The third-order valence-corrected chi connectivity index (χ3v) is 7.72. The van der Waals surface area contributed by atoms with Crippen LogP contribution in [0.1, 0.15) is 36.1 Å². The maximum absolute atomic E-state index is 13.1. The van der Waals surface area contributed by atoms with E-state index < -0.39 is 6.09 Å². The molecule has 2 amide bonds. The van der Waals surface area contributed by atoms with E-state index in [1.165, 1.54) is 0 Å². The molecule has 1 saturated heterocycles. The maximum atomic E-state index is 13.1. The highest BCUT2D eigenvalue weighted by Crippen LogP contribution is 2.34. The maximum Gasteiger partial charge on any atom is 0.413 e.